The van der Waals surface area contributed by atoms with Crippen LogP contribution in [0.25, 0.3) is 0 Å². The number of nitrogens with zero attached hydrogens (tertiary/aromatic N) is 3. The summed E-state index contributed by atoms with van der Waals surface area (Å²) in [5, 5.41) is 15.6. The van der Waals surface area contributed by atoms with Gasteiger partial charge >= 0.3 is 0 Å². The molecule has 0 saturated carbocycles. The predicted octanol–water partition coefficient (Wildman–Crippen LogP) is 4.73. The molecule has 180 valence electrons. The summed E-state index contributed by atoms with van der Waals surface area (Å²) in [7, 11) is 1.83. The molecule has 8 nitrogen and oxygen atoms in total. The van der Waals surface area contributed by atoms with Crippen LogP contribution in [-0.4, -0.2) is 38.9 Å². The molecule has 2 amide bonds. The molecule has 3 rings (SSSR count). The maximum absolute atomic E-state index is 12.7. The van der Waals surface area contributed by atoms with Gasteiger partial charge in [-0.2, -0.15) is 0 Å². The van der Waals surface area contributed by atoms with Crippen LogP contribution in [0.1, 0.15) is 43.0 Å². The zero-order chi connectivity index (χ0) is 24.7. The molecule has 0 spiro atoms. The van der Waals surface area contributed by atoms with Crippen molar-refractivity contribution in [3.63, 3.8) is 0 Å². The second-order valence-corrected chi connectivity index (χ2v) is 9.28. The zero-order valence-electron chi connectivity index (χ0n) is 19.5. The minimum atomic E-state index is -0.354. The first-order valence-corrected chi connectivity index (χ1v) is 12.3. The van der Waals surface area contributed by atoms with Crippen molar-refractivity contribution in [1.29, 1.82) is 0 Å². The van der Waals surface area contributed by atoms with E-state index in [0.29, 0.717) is 33.9 Å². The van der Waals surface area contributed by atoms with E-state index in [1.165, 1.54) is 11.8 Å². The minimum absolute atomic E-state index is 0.0694. The van der Waals surface area contributed by atoms with E-state index in [4.69, 9.17) is 16.3 Å². The van der Waals surface area contributed by atoms with E-state index >= 15 is 0 Å². The maximum Gasteiger partial charge on any atom is 0.251 e. The van der Waals surface area contributed by atoms with Crippen LogP contribution in [0.3, 0.4) is 0 Å². The second-order valence-electron chi connectivity index (χ2n) is 7.90. The first kappa shape index (κ1) is 25.6. The van der Waals surface area contributed by atoms with Crippen LogP contribution in [0.15, 0.2) is 53.7 Å². The number of hydrogen-bond donors (Lipinski definition) is 2. The van der Waals surface area contributed by atoms with Crippen molar-refractivity contribution >= 4 is 40.9 Å². The Morgan fingerprint density at radius 3 is 2.38 bits per heavy atom. The highest BCUT2D eigenvalue weighted by Crippen LogP contribution is 2.25. The van der Waals surface area contributed by atoms with Crippen LogP contribution in [0.4, 0.5) is 5.69 Å². The molecule has 0 saturated heterocycles. The van der Waals surface area contributed by atoms with Crippen molar-refractivity contribution in [2.24, 2.45) is 13.0 Å². The van der Waals surface area contributed by atoms with Crippen molar-refractivity contribution in [2.75, 3.05) is 17.7 Å². The molecule has 34 heavy (non-hydrogen) atoms. The van der Waals surface area contributed by atoms with E-state index in [0.717, 1.165) is 5.75 Å². The molecule has 1 atom stereocenters. The number of rotatable bonds is 10. The summed E-state index contributed by atoms with van der Waals surface area (Å²) < 4.78 is 7.22. The van der Waals surface area contributed by atoms with Crippen molar-refractivity contribution in [3.05, 3.63) is 64.9 Å². The van der Waals surface area contributed by atoms with Gasteiger partial charge in [0.1, 0.15) is 5.75 Å². The first-order chi connectivity index (χ1) is 16.3. The summed E-state index contributed by atoms with van der Waals surface area (Å²) in [5.41, 5.74) is 1.20. The number of nitrogens with one attached hydrogen (secondary N) is 2. The number of amides is 2. The molecule has 3 aromatic rings. The lowest BCUT2D eigenvalue weighted by Crippen LogP contribution is -2.33. The third-order valence-corrected chi connectivity index (χ3v) is 6.26. The van der Waals surface area contributed by atoms with Gasteiger partial charge < -0.3 is 19.9 Å². The third-order valence-electron chi connectivity index (χ3n) is 4.99. The fourth-order valence-corrected chi connectivity index (χ4v) is 4.05. The lowest BCUT2D eigenvalue weighted by Gasteiger charge is -2.21. The van der Waals surface area contributed by atoms with E-state index in [2.05, 4.69) is 20.8 Å². The number of hydrogen-bond acceptors (Lipinski definition) is 6. The Labute approximate surface area is 208 Å². The predicted molar refractivity (Wildman–Crippen MR) is 134 cm³/mol. The number of benzene rings is 2. The standard InChI is InChI=1S/C24H28ClN5O3S/c1-5-33-19-12-10-18(11-13-19)26-20(31)14-34-24-29-28-22(30(24)4)21(15(2)3)27-23(32)16-6-8-17(25)9-7-16/h6-13,15,21H,5,14H2,1-4H3,(H,26,31)(H,27,32)/t21-/m1/s1. The van der Waals surface area contributed by atoms with Crippen LogP contribution < -0.4 is 15.4 Å². The van der Waals surface area contributed by atoms with E-state index < -0.39 is 0 Å². The average Bonchev–Trinajstić information content (AvgIpc) is 3.17. The Balaban J connectivity index is 1.62. The lowest BCUT2D eigenvalue weighted by molar-refractivity contribution is -0.113. The highest BCUT2D eigenvalue weighted by atomic mass is 35.5. The van der Waals surface area contributed by atoms with Gasteiger partial charge in [-0.1, -0.05) is 37.2 Å². The zero-order valence-corrected chi connectivity index (χ0v) is 21.1. The van der Waals surface area contributed by atoms with E-state index in [-0.39, 0.29) is 29.5 Å². The molecule has 0 aliphatic heterocycles. The van der Waals surface area contributed by atoms with Gasteiger partial charge in [0, 0.05) is 23.3 Å². The fourth-order valence-electron chi connectivity index (χ4n) is 3.21. The monoisotopic (exact) mass is 501 g/mol. The van der Waals surface area contributed by atoms with Crippen molar-refractivity contribution in [3.8, 4) is 5.75 Å². The number of halogens is 1. The van der Waals surface area contributed by atoms with Gasteiger partial charge in [-0.3, -0.25) is 9.59 Å². The number of aromatic nitrogens is 3. The number of carbonyl (C=O) groups excluding carboxylic acids is 2. The van der Waals surface area contributed by atoms with Gasteiger partial charge in [-0.25, -0.2) is 0 Å². The Morgan fingerprint density at radius 1 is 1.09 bits per heavy atom. The molecule has 2 aromatic carbocycles. The van der Waals surface area contributed by atoms with Crippen LogP contribution in [0.2, 0.25) is 5.02 Å². The summed E-state index contributed by atoms with van der Waals surface area (Å²) in [6.45, 7) is 6.50. The molecule has 0 unspecified atom stereocenters. The SMILES string of the molecule is CCOc1ccc(NC(=O)CSc2nnc([C@H](NC(=O)c3ccc(Cl)cc3)C(C)C)n2C)cc1. The van der Waals surface area contributed by atoms with Crippen molar-refractivity contribution in [1.82, 2.24) is 20.1 Å². The fraction of sp³-hybridized carbons (Fsp3) is 0.333. The number of anilines is 1. The molecule has 0 aliphatic carbocycles. The van der Waals surface area contributed by atoms with Crippen LogP contribution in [0.5, 0.6) is 5.75 Å². The molecular weight excluding hydrogens is 474 g/mol. The maximum atomic E-state index is 12.7. The smallest absolute Gasteiger partial charge is 0.251 e. The summed E-state index contributed by atoms with van der Waals surface area (Å²) >= 11 is 7.20. The molecule has 0 fully saturated rings. The molecule has 0 aliphatic rings. The molecule has 1 heterocycles. The van der Waals surface area contributed by atoms with E-state index in [9.17, 15) is 9.59 Å². The number of carbonyl (C=O) groups is 2. The van der Waals surface area contributed by atoms with Gasteiger partial charge in [0.15, 0.2) is 11.0 Å². The van der Waals surface area contributed by atoms with Crippen LogP contribution >= 0.6 is 23.4 Å². The van der Waals surface area contributed by atoms with Crippen LogP contribution in [-0.2, 0) is 11.8 Å². The lowest BCUT2D eigenvalue weighted by atomic mass is 10.0. The largest absolute Gasteiger partial charge is 0.494 e. The Kier molecular flexibility index (Phi) is 8.95. The van der Waals surface area contributed by atoms with Gasteiger partial charge in [0.25, 0.3) is 5.91 Å². The first-order valence-electron chi connectivity index (χ1n) is 10.9. The van der Waals surface area contributed by atoms with Gasteiger partial charge in [-0.05, 0) is 61.4 Å². The molecule has 0 radical (unpaired) electrons. The summed E-state index contributed by atoms with van der Waals surface area (Å²) in [4.78, 5) is 25.1. The molecule has 10 heteroatoms. The number of thioether (sulfide) groups is 1. The van der Waals surface area contributed by atoms with Crippen LogP contribution in [0, 0.1) is 5.92 Å². The average molecular weight is 502 g/mol. The summed E-state index contributed by atoms with van der Waals surface area (Å²) in [5.74, 6) is 1.23. The van der Waals surface area contributed by atoms with Gasteiger partial charge in [0.05, 0.1) is 18.4 Å². The van der Waals surface area contributed by atoms with Gasteiger partial charge in [0.2, 0.25) is 5.91 Å². The topological polar surface area (TPSA) is 98.1 Å². The highest BCUT2D eigenvalue weighted by Gasteiger charge is 2.25. The normalized spacial score (nSPS) is 11.8. The second kappa shape index (κ2) is 11.9. The van der Waals surface area contributed by atoms with E-state index in [1.807, 2.05) is 44.5 Å². The Morgan fingerprint density at radius 2 is 1.76 bits per heavy atom. The molecular formula is C24H28ClN5O3S. The molecule has 1 aromatic heterocycles. The van der Waals surface area contributed by atoms with Gasteiger partial charge in [-0.15, -0.1) is 10.2 Å². The van der Waals surface area contributed by atoms with Crippen molar-refractivity contribution < 1.29 is 14.3 Å². The minimum Gasteiger partial charge on any atom is -0.494 e. The molecule has 2 N–H and O–H groups in total. The number of ether oxygens (including phenoxy) is 1. The molecule has 0 bridgehead atoms. The third kappa shape index (κ3) is 6.74. The Hall–Kier alpha value is -3.04. The Bertz CT molecular complexity index is 1120. The summed E-state index contributed by atoms with van der Waals surface area (Å²) in [6.07, 6.45) is 0. The summed E-state index contributed by atoms with van der Waals surface area (Å²) in [6, 6.07) is 13.6. The highest BCUT2D eigenvalue weighted by molar-refractivity contribution is 7.99. The van der Waals surface area contributed by atoms with Crippen molar-refractivity contribution in [2.45, 2.75) is 32.0 Å². The quantitative estimate of drug-likeness (QED) is 0.390. The van der Waals surface area contributed by atoms with E-state index in [1.54, 1.807) is 36.4 Å².